The molecule has 1 fully saturated rings. The summed E-state index contributed by atoms with van der Waals surface area (Å²) < 4.78 is 0. The maximum absolute atomic E-state index is 10.1. The van der Waals surface area contributed by atoms with E-state index in [1.54, 1.807) is 0 Å². The number of aliphatic hydroxyl groups excluding tert-OH is 1. The lowest BCUT2D eigenvalue weighted by atomic mass is 9.73. The Bertz CT molecular complexity index is 205. The minimum absolute atomic E-state index is 0.101. The van der Waals surface area contributed by atoms with Gasteiger partial charge in [-0.15, -0.1) is 0 Å². The molecule has 0 aromatic rings. The monoisotopic (exact) mass is 227 g/mol. The van der Waals surface area contributed by atoms with E-state index in [1.165, 1.54) is 19.3 Å². The van der Waals surface area contributed by atoms with Crippen LogP contribution in [0.25, 0.3) is 0 Å². The fourth-order valence-corrected chi connectivity index (χ4v) is 2.79. The third kappa shape index (κ3) is 4.06. The lowest BCUT2D eigenvalue weighted by Crippen LogP contribution is -2.46. The van der Waals surface area contributed by atoms with Gasteiger partial charge in [-0.05, 0) is 32.1 Å². The molecule has 1 aliphatic rings. The molecule has 1 saturated carbocycles. The number of aliphatic hydroxyl groups is 1. The van der Waals surface area contributed by atoms with E-state index in [0.717, 1.165) is 25.3 Å². The fourth-order valence-electron chi connectivity index (χ4n) is 2.79. The minimum atomic E-state index is -0.111. The second-order valence-corrected chi connectivity index (χ2v) is 6.33. The second-order valence-electron chi connectivity index (χ2n) is 6.33. The van der Waals surface area contributed by atoms with Gasteiger partial charge in [0.1, 0.15) is 0 Å². The Morgan fingerprint density at radius 1 is 1.31 bits per heavy atom. The van der Waals surface area contributed by atoms with E-state index in [9.17, 15) is 5.11 Å². The van der Waals surface area contributed by atoms with Crippen molar-refractivity contribution in [2.75, 3.05) is 6.54 Å². The van der Waals surface area contributed by atoms with Crippen LogP contribution in [0.4, 0.5) is 0 Å². The van der Waals surface area contributed by atoms with Crippen molar-refractivity contribution < 1.29 is 5.11 Å². The van der Waals surface area contributed by atoms with Crippen molar-refractivity contribution in [2.24, 2.45) is 11.3 Å². The SMILES string of the molecule is CC(C)CC(C)NCC1(C)CCCCC1O. The summed E-state index contributed by atoms with van der Waals surface area (Å²) in [5.41, 5.74) is 0.101. The number of rotatable bonds is 5. The van der Waals surface area contributed by atoms with Crippen molar-refractivity contribution >= 4 is 0 Å². The maximum atomic E-state index is 10.1. The summed E-state index contributed by atoms with van der Waals surface area (Å²) in [7, 11) is 0. The van der Waals surface area contributed by atoms with E-state index in [2.05, 4.69) is 33.0 Å². The van der Waals surface area contributed by atoms with Gasteiger partial charge < -0.3 is 10.4 Å². The van der Waals surface area contributed by atoms with Crippen molar-refractivity contribution in [1.29, 1.82) is 0 Å². The quantitative estimate of drug-likeness (QED) is 0.757. The molecule has 2 nitrogen and oxygen atoms in total. The molecular weight excluding hydrogens is 198 g/mol. The van der Waals surface area contributed by atoms with Gasteiger partial charge in [0.25, 0.3) is 0 Å². The molecule has 0 radical (unpaired) electrons. The van der Waals surface area contributed by atoms with Crippen molar-refractivity contribution in [3.05, 3.63) is 0 Å². The first-order valence-electron chi connectivity index (χ1n) is 6.85. The predicted molar refractivity (Wildman–Crippen MR) is 69.5 cm³/mol. The molecular formula is C14H29NO. The van der Waals surface area contributed by atoms with Gasteiger partial charge in [0.15, 0.2) is 0 Å². The van der Waals surface area contributed by atoms with Crippen LogP contribution >= 0.6 is 0 Å². The summed E-state index contributed by atoms with van der Waals surface area (Å²) in [5.74, 6) is 0.742. The van der Waals surface area contributed by atoms with Crippen LogP contribution in [0.1, 0.15) is 59.8 Å². The lowest BCUT2D eigenvalue weighted by Gasteiger charge is -2.39. The largest absolute Gasteiger partial charge is 0.393 e. The summed E-state index contributed by atoms with van der Waals surface area (Å²) in [6, 6.07) is 0.561. The highest BCUT2D eigenvalue weighted by molar-refractivity contribution is 4.88. The lowest BCUT2D eigenvalue weighted by molar-refractivity contribution is -0.000273. The molecule has 0 aliphatic heterocycles. The van der Waals surface area contributed by atoms with Gasteiger partial charge in [-0.3, -0.25) is 0 Å². The third-order valence-electron chi connectivity index (χ3n) is 3.96. The Labute approximate surface area is 101 Å². The van der Waals surface area contributed by atoms with Crippen LogP contribution < -0.4 is 5.32 Å². The molecule has 2 N–H and O–H groups in total. The Morgan fingerprint density at radius 3 is 2.56 bits per heavy atom. The molecule has 0 amide bonds. The van der Waals surface area contributed by atoms with E-state index in [0.29, 0.717) is 6.04 Å². The van der Waals surface area contributed by atoms with Crippen LogP contribution in [0.2, 0.25) is 0 Å². The first kappa shape index (κ1) is 14.0. The first-order chi connectivity index (χ1) is 7.44. The molecule has 0 heterocycles. The van der Waals surface area contributed by atoms with E-state index in [1.807, 2.05) is 0 Å². The standard InChI is InChI=1S/C14H29NO/c1-11(2)9-12(3)15-10-14(4)8-6-5-7-13(14)16/h11-13,15-16H,5-10H2,1-4H3. The number of nitrogens with one attached hydrogen (secondary N) is 1. The van der Waals surface area contributed by atoms with E-state index in [-0.39, 0.29) is 11.5 Å². The van der Waals surface area contributed by atoms with Crippen molar-refractivity contribution in [1.82, 2.24) is 5.32 Å². The van der Waals surface area contributed by atoms with Gasteiger partial charge in [-0.2, -0.15) is 0 Å². The van der Waals surface area contributed by atoms with Gasteiger partial charge in [-0.25, -0.2) is 0 Å². The molecule has 0 bridgehead atoms. The normalized spacial score (nSPS) is 33.0. The van der Waals surface area contributed by atoms with Crippen molar-refractivity contribution in [3.63, 3.8) is 0 Å². The molecule has 96 valence electrons. The van der Waals surface area contributed by atoms with Crippen molar-refractivity contribution in [3.8, 4) is 0 Å². The Morgan fingerprint density at radius 2 is 2.00 bits per heavy atom. The van der Waals surface area contributed by atoms with Gasteiger partial charge in [0, 0.05) is 18.0 Å². The van der Waals surface area contributed by atoms with E-state index >= 15 is 0 Å². The maximum Gasteiger partial charge on any atom is 0.0605 e. The zero-order valence-electron chi connectivity index (χ0n) is 11.4. The third-order valence-corrected chi connectivity index (χ3v) is 3.96. The summed E-state index contributed by atoms with van der Waals surface area (Å²) in [6.45, 7) is 9.96. The molecule has 1 rings (SSSR count). The summed E-state index contributed by atoms with van der Waals surface area (Å²) in [4.78, 5) is 0. The topological polar surface area (TPSA) is 32.3 Å². The van der Waals surface area contributed by atoms with Gasteiger partial charge in [0.05, 0.1) is 6.10 Å². The van der Waals surface area contributed by atoms with Crippen LogP contribution in [-0.2, 0) is 0 Å². The zero-order valence-corrected chi connectivity index (χ0v) is 11.4. The number of hydrogen-bond donors (Lipinski definition) is 2. The smallest absolute Gasteiger partial charge is 0.0605 e. The van der Waals surface area contributed by atoms with Crippen LogP contribution in [0, 0.1) is 11.3 Å². The molecule has 0 spiro atoms. The second kappa shape index (κ2) is 6.02. The van der Waals surface area contributed by atoms with Gasteiger partial charge in [0.2, 0.25) is 0 Å². The number of hydrogen-bond acceptors (Lipinski definition) is 2. The average Bonchev–Trinajstić information content (AvgIpc) is 2.19. The molecule has 1 aliphatic carbocycles. The van der Waals surface area contributed by atoms with Gasteiger partial charge >= 0.3 is 0 Å². The predicted octanol–water partition coefficient (Wildman–Crippen LogP) is 2.95. The summed E-state index contributed by atoms with van der Waals surface area (Å²) in [6.07, 6.45) is 5.71. The highest BCUT2D eigenvalue weighted by Crippen LogP contribution is 2.35. The first-order valence-corrected chi connectivity index (χ1v) is 6.85. The molecule has 16 heavy (non-hydrogen) atoms. The van der Waals surface area contributed by atoms with E-state index in [4.69, 9.17) is 0 Å². The summed E-state index contributed by atoms with van der Waals surface area (Å²) >= 11 is 0. The van der Waals surface area contributed by atoms with Crippen molar-refractivity contribution in [2.45, 2.75) is 71.9 Å². The Hall–Kier alpha value is -0.0800. The van der Waals surface area contributed by atoms with Crippen LogP contribution in [0.5, 0.6) is 0 Å². The Kier molecular flexibility index (Phi) is 5.26. The van der Waals surface area contributed by atoms with E-state index < -0.39 is 0 Å². The molecule has 3 unspecified atom stereocenters. The molecule has 0 aromatic carbocycles. The highest BCUT2D eigenvalue weighted by atomic mass is 16.3. The molecule has 0 saturated heterocycles. The summed E-state index contributed by atoms with van der Waals surface area (Å²) in [5, 5.41) is 13.7. The zero-order chi connectivity index (χ0) is 12.2. The molecule has 0 aromatic heterocycles. The van der Waals surface area contributed by atoms with Crippen LogP contribution in [0.3, 0.4) is 0 Å². The molecule has 2 heteroatoms. The van der Waals surface area contributed by atoms with Crippen LogP contribution in [-0.4, -0.2) is 23.8 Å². The average molecular weight is 227 g/mol. The van der Waals surface area contributed by atoms with Gasteiger partial charge in [-0.1, -0.05) is 33.6 Å². The fraction of sp³-hybridized carbons (Fsp3) is 1.00. The highest BCUT2D eigenvalue weighted by Gasteiger charge is 2.35. The van der Waals surface area contributed by atoms with Crippen LogP contribution in [0.15, 0.2) is 0 Å². The Balaban J connectivity index is 2.34. The molecule has 3 atom stereocenters. The minimum Gasteiger partial charge on any atom is -0.393 e.